The first-order valence-electron chi connectivity index (χ1n) is 6.85. The number of nitrogens with zero attached hydrogens (tertiary/aromatic N) is 2. The average Bonchev–Trinajstić information content (AvgIpc) is 2.81. The SMILES string of the molecule is CCc1nc(N2C[C@@H]3CCCN[C@@H]3C2)cc(=O)[nH]1. The maximum atomic E-state index is 11.6. The molecule has 2 aliphatic rings. The van der Waals surface area contributed by atoms with E-state index in [1.807, 2.05) is 6.92 Å². The standard InChI is InChI=1S/C13H20N4O/c1-2-11-15-12(6-13(18)16-11)17-7-9-4-3-5-14-10(9)8-17/h6,9-10,14H,2-5,7-8H2,1H3,(H,15,16,18)/t9-,10+/m0/s1. The van der Waals surface area contributed by atoms with Crippen LogP contribution in [0, 0.1) is 5.92 Å². The third-order valence-electron chi connectivity index (χ3n) is 4.04. The predicted octanol–water partition coefficient (Wildman–Crippen LogP) is 0.520. The maximum absolute atomic E-state index is 11.6. The minimum atomic E-state index is -0.0420. The van der Waals surface area contributed by atoms with Crippen molar-refractivity contribution in [1.29, 1.82) is 0 Å². The molecule has 2 aliphatic heterocycles. The van der Waals surface area contributed by atoms with Crippen molar-refractivity contribution in [2.24, 2.45) is 5.92 Å². The van der Waals surface area contributed by atoms with Crippen molar-refractivity contribution < 1.29 is 0 Å². The van der Waals surface area contributed by atoms with E-state index in [0.29, 0.717) is 12.0 Å². The van der Waals surface area contributed by atoms with Gasteiger partial charge < -0.3 is 15.2 Å². The van der Waals surface area contributed by atoms with Crippen molar-refractivity contribution >= 4 is 5.82 Å². The molecule has 2 N–H and O–H groups in total. The first kappa shape index (κ1) is 11.7. The lowest BCUT2D eigenvalue weighted by Crippen LogP contribution is -2.40. The lowest BCUT2D eigenvalue weighted by Gasteiger charge is -2.24. The molecule has 0 amide bonds. The van der Waals surface area contributed by atoms with E-state index in [1.54, 1.807) is 6.07 Å². The number of rotatable bonds is 2. The molecular weight excluding hydrogens is 228 g/mol. The van der Waals surface area contributed by atoms with Crippen molar-refractivity contribution in [2.45, 2.75) is 32.2 Å². The number of H-pyrrole nitrogens is 1. The van der Waals surface area contributed by atoms with Crippen molar-refractivity contribution in [3.05, 3.63) is 22.2 Å². The van der Waals surface area contributed by atoms with E-state index in [2.05, 4.69) is 20.2 Å². The topological polar surface area (TPSA) is 61.0 Å². The number of anilines is 1. The fraction of sp³-hybridized carbons (Fsp3) is 0.692. The molecule has 2 atom stereocenters. The van der Waals surface area contributed by atoms with Gasteiger partial charge in [0.05, 0.1) is 0 Å². The van der Waals surface area contributed by atoms with Gasteiger partial charge in [-0.1, -0.05) is 6.92 Å². The highest BCUT2D eigenvalue weighted by molar-refractivity contribution is 5.40. The summed E-state index contributed by atoms with van der Waals surface area (Å²) < 4.78 is 0. The Balaban J connectivity index is 1.83. The van der Waals surface area contributed by atoms with E-state index < -0.39 is 0 Å². The smallest absolute Gasteiger partial charge is 0.252 e. The molecule has 0 bridgehead atoms. The summed E-state index contributed by atoms with van der Waals surface area (Å²) in [6, 6.07) is 2.20. The summed E-state index contributed by atoms with van der Waals surface area (Å²) in [6.45, 7) is 5.13. The molecule has 5 nitrogen and oxygen atoms in total. The molecule has 0 spiro atoms. The van der Waals surface area contributed by atoms with Crippen LogP contribution < -0.4 is 15.8 Å². The number of aromatic amines is 1. The normalized spacial score (nSPS) is 27.3. The predicted molar refractivity (Wildman–Crippen MR) is 71.0 cm³/mol. The Labute approximate surface area is 107 Å². The van der Waals surface area contributed by atoms with Gasteiger partial charge in [0.2, 0.25) is 0 Å². The quantitative estimate of drug-likeness (QED) is 0.801. The number of nitrogens with one attached hydrogen (secondary N) is 2. The van der Waals surface area contributed by atoms with Crippen LogP contribution in [0.15, 0.2) is 10.9 Å². The van der Waals surface area contributed by atoms with Gasteiger partial charge in [0, 0.05) is 31.6 Å². The Bertz CT molecular complexity index is 470. The summed E-state index contributed by atoms with van der Waals surface area (Å²) in [5.74, 6) is 2.33. The van der Waals surface area contributed by atoms with Gasteiger partial charge in [-0.2, -0.15) is 0 Å². The molecule has 0 saturated carbocycles. The highest BCUT2D eigenvalue weighted by Crippen LogP contribution is 2.27. The lowest BCUT2D eigenvalue weighted by atomic mass is 9.94. The van der Waals surface area contributed by atoms with E-state index in [0.717, 1.165) is 37.7 Å². The van der Waals surface area contributed by atoms with Crippen LogP contribution >= 0.6 is 0 Å². The lowest BCUT2D eigenvalue weighted by molar-refractivity contribution is 0.340. The Morgan fingerprint density at radius 2 is 2.39 bits per heavy atom. The number of fused-ring (bicyclic) bond motifs is 1. The highest BCUT2D eigenvalue weighted by atomic mass is 16.1. The van der Waals surface area contributed by atoms with Crippen molar-refractivity contribution in [1.82, 2.24) is 15.3 Å². The first-order chi connectivity index (χ1) is 8.76. The summed E-state index contributed by atoms with van der Waals surface area (Å²) in [5, 5.41) is 3.57. The molecule has 3 rings (SSSR count). The Morgan fingerprint density at radius 3 is 3.17 bits per heavy atom. The van der Waals surface area contributed by atoms with E-state index in [9.17, 15) is 4.79 Å². The summed E-state index contributed by atoms with van der Waals surface area (Å²) in [5.41, 5.74) is -0.0420. The number of hydrogen-bond donors (Lipinski definition) is 2. The molecule has 0 unspecified atom stereocenters. The molecule has 0 aliphatic carbocycles. The second-order valence-electron chi connectivity index (χ2n) is 5.27. The van der Waals surface area contributed by atoms with Gasteiger partial charge in [0.1, 0.15) is 11.6 Å². The second kappa shape index (κ2) is 4.72. The average molecular weight is 248 g/mol. The van der Waals surface area contributed by atoms with Crippen LogP contribution in [0.2, 0.25) is 0 Å². The van der Waals surface area contributed by atoms with Gasteiger partial charge >= 0.3 is 0 Å². The fourth-order valence-electron chi connectivity index (χ4n) is 3.06. The molecule has 2 saturated heterocycles. The number of piperidine rings is 1. The summed E-state index contributed by atoms with van der Waals surface area (Å²) >= 11 is 0. The van der Waals surface area contributed by atoms with Gasteiger partial charge in [-0.25, -0.2) is 4.98 Å². The van der Waals surface area contributed by atoms with Crippen molar-refractivity contribution in [2.75, 3.05) is 24.5 Å². The number of aryl methyl sites for hydroxylation is 1. The molecular formula is C13H20N4O. The number of hydrogen-bond acceptors (Lipinski definition) is 4. The molecule has 98 valence electrons. The minimum Gasteiger partial charge on any atom is -0.354 e. The Kier molecular flexibility index (Phi) is 3.07. The van der Waals surface area contributed by atoms with Crippen LogP contribution in [-0.2, 0) is 6.42 Å². The van der Waals surface area contributed by atoms with Crippen LogP contribution in [0.25, 0.3) is 0 Å². The minimum absolute atomic E-state index is 0.0420. The molecule has 1 aromatic heterocycles. The van der Waals surface area contributed by atoms with E-state index in [1.165, 1.54) is 12.8 Å². The van der Waals surface area contributed by atoms with Crippen LogP contribution in [0.3, 0.4) is 0 Å². The zero-order valence-electron chi connectivity index (χ0n) is 10.8. The molecule has 1 aromatic rings. The third-order valence-corrected chi connectivity index (χ3v) is 4.04. The van der Waals surface area contributed by atoms with Crippen molar-refractivity contribution in [3.8, 4) is 0 Å². The second-order valence-corrected chi connectivity index (χ2v) is 5.27. The Hall–Kier alpha value is -1.36. The van der Waals surface area contributed by atoms with Crippen LogP contribution in [-0.4, -0.2) is 35.6 Å². The van der Waals surface area contributed by atoms with Gasteiger partial charge in [-0.15, -0.1) is 0 Å². The van der Waals surface area contributed by atoms with E-state index in [4.69, 9.17) is 0 Å². The molecule has 3 heterocycles. The fourth-order valence-corrected chi connectivity index (χ4v) is 3.06. The monoisotopic (exact) mass is 248 g/mol. The van der Waals surface area contributed by atoms with Gasteiger partial charge in [-0.05, 0) is 25.3 Å². The van der Waals surface area contributed by atoms with Crippen LogP contribution in [0.5, 0.6) is 0 Å². The van der Waals surface area contributed by atoms with E-state index >= 15 is 0 Å². The zero-order chi connectivity index (χ0) is 12.5. The number of aromatic nitrogens is 2. The molecule has 18 heavy (non-hydrogen) atoms. The van der Waals surface area contributed by atoms with E-state index in [-0.39, 0.29) is 5.56 Å². The van der Waals surface area contributed by atoms with Gasteiger partial charge in [-0.3, -0.25) is 4.79 Å². The Morgan fingerprint density at radius 1 is 1.50 bits per heavy atom. The highest BCUT2D eigenvalue weighted by Gasteiger charge is 2.34. The summed E-state index contributed by atoms with van der Waals surface area (Å²) in [7, 11) is 0. The largest absolute Gasteiger partial charge is 0.354 e. The molecule has 0 aromatic carbocycles. The molecule has 5 heteroatoms. The van der Waals surface area contributed by atoms with Crippen LogP contribution in [0.4, 0.5) is 5.82 Å². The van der Waals surface area contributed by atoms with Crippen LogP contribution in [0.1, 0.15) is 25.6 Å². The molecule has 0 radical (unpaired) electrons. The summed E-state index contributed by atoms with van der Waals surface area (Å²) in [4.78, 5) is 21.2. The van der Waals surface area contributed by atoms with Crippen molar-refractivity contribution in [3.63, 3.8) is 0 Å². The zero-order valence-corrected chi connectivity index (χ0v) is 10.8. The molecule has 2 fully saturated rings. The maximum Gasteiger partial charge on any atom is 0.252 e. The first-order valence-corrected chi connectivity index (χ1v) is 6.85. The van der Waals surface area contributed by atoms with Gasteiger partial charge in [0.25, 0.3) is 5.56 Å². The van der Waals surface area contributed by atoms with Gasteiger partial charge in [0.15, 0.2) is 0 Å². The third kappa shape index (κ3) is 2.14. The summed E-state index contributed by atoms with van der Waals surface area (Å²) in [6.07, 6.45) is 3.32.